The number of hydrogen-bond donors (Lipinski definition) is 3. The second kappa shape index (κ2) is 7.23. The van der Waals surface area contributed by atoms with E-state index in [-0.39, 0.29) is 24.3 Å². The number of carboxylic acid groups (broad SMARTS) is 1. The predicted molar refractivity (Wildman–Crippen MR) is 57.3 cm³/mol. The first-order valence-corrected chi connectivity index (χ1v) is 5.16. The van der Waals surface area contributed by atoms with E-state index >= 15 is 0 Å². The summed E-state index contributed by atoms with van der Waals surface area (Å²) in [4.78, 5) is 21.6. The van der Waals surface area contributed by atoms with Gasteiger partial charge >= 0.3 is 5.97 Å². The Morgan fingerprint density at radius 1 is 1.40 bits per heavy atom. The van der Waals surface area contributed by atoms with Gasteiger partial charge in [0.15, 0.2) is 0 Å². The van der Waals surface area contributed by atoms with Crippen molar-refractivity contribution in [3.8, 4) is 0 Å². The topological polar surface area (TPSA) is 92.4 Å². The van der Waals surface area contributed by atoms with Gasteiger partial charge in [-0.25, -0.2) is 0 Å². The molecule has 5 nitrogen and oxygen atoms in total. The smallest absolute Gasteiger partial charge is 0.303 e. The molecule has 0 aliphatic carbocycles. The Morgan fingerprint density at radius 3 is 2.47 bits per heavy atom. The van der Waals surface area contributed by atoms with E-state index < -0.39 is 5.97 Å². The Labute approximate surface area is 90.0 Å². The number of carboxylic acids is 1. The number of aliphatic carboxylic acids is 1. The van der Waals surface area contributed by atoms with E-state index in [1.54, 1.807) is 6.92 Å². The van der Waals surface area contributed by atoms with E-state index in [0.29, 0.717) is 19.4 Å². The highest BCUT2D eigenvalue weighted by Gasteiger charge is 2.09. The number of rotatable bonds is 7. The van der Waals surface area contributed by atoms with Gasteiger partial charge < -0.3 is 16.2 Å². The van der Waals surface area contributed by atoms with E-state index in [2.05, 4.69) is 5.32 Å². The first-order chi connectivity index (χ1) is 6.91. The van der Waals surface area contributed by atoms with Gasteiger partial charge in [-0.15, -0.1) is 0 Å². The monoisotopic (exact) mass is 216 g/mol. The lowest BCUT2D eigenvalue weighted by Crippen LogP contribution is -2.30. The second-order valence-corrected chi connectivity index (χ2v) is 4.02. The number of amides is 1. The molecular weight excluding hydrogens is 196 g/mol. The van der Waals surface area contributed by atoms with E-state index in [0.717, 1.165) is 0 Å². The molecule has 0 radical (unpaired) electrons. The van der Waals surface area contributed by atoms with Gasteiger partial charge in [0.25, 0.3) is 0 Å². The molecule has 2 atom stereocenters. The van der Waals surface area contributed by atoms with Gasteiger partial charge in [0.1, 0.15) is 0 Å². The Hall–Kier alpha value is -1.10. The molecule has 0 heterocycles. The summed E-state index contributed by atoms with van der Waals surface area (Å²) >= 11 is 0. The summed E-state index contributed by atoms with van der Waals surface area (Å²) in [6.07, 6.45) is 1.13. The van der Waals surface area contributed by atoms with Gasteiger partial charge in [0.05, 0.1) is 0 Å². The molecule has 0 aromatic carbocycles. The molecule has 15 heavy (non-hydrogen) atoms. The van der Waals surface area contributed by atoms with Gasteiger partial charge in [0.2, 0.25) is 5.91 Å². The van der Waals surface area contributed by atoms with Crippen molar-refractivity contribution in [3.63, 3.8) is 0 Å². The molecule has 0 fully saturated rings. The first-order valence-electron chi connectivity index (χ1n) is 5.16. The number of nitrogens with two attached hydrogens (primary N) is 1. The highest BCUT2D eigenvalue weighted by molar-refractivity contribution is 5.76. The van der Waals surface area contributed by atoms with E-state index in [9.17, 15) is 9.59 Å². The van der Waals surface area contributed by atoms with Crippen LogP contribution < -0.4 is 11.1 Å². The lowest BCUT2D eigenvalue weighted by Gasteiger charge is -2.10. The van der Waals surface area contributed by atoms with Crippen LogP contribution in [0.15, 0.2) is 0 Å². The fraction of sp³-hybridized carbons (Fsp3) is 0.800. The molecule has 88 valence electrons. The van der Waals surface area contributed by atoms with Crippen LogP contribution in [0.2, 0.25) is 0 Å². The minimum Gasteiger partial charge on any atom is -0.481 e. The summed E-state index contributed by atoms with van der Waals surface area (Å²) < 4.78 is 0. The van der Waals surface area contributed by atoms with Gasteiger partial charge in [-0.3, -0.25) is 9.59 Å². The Balaban J connectivity index is 3.57. The summed E-state index contributed by atoms with van der Waals surface area (Å²) in [5.41, 5.74) is 5.50. The Morgan fingerprint density at radius 2 is 2.00 bits per heavy atom. The maximum absolute atomic E-state index is 11.2. The van der Waals surface area contributed by atoms with E-state index in [4.69, 9.17) is 10.8 Å². The lowest BCUT2D eigenvalue weighted by atomic mass is 10.1. The Kier molecular flexibility index (Phi) is 6.70. The van der Waals surface area contributed by atoms with Crippen molar-refractivity contribution in [2.75, 3.05) is 6.54 Å². The number of carbonyl (C=O) groups excluding carboxylic acids is 1. The molecule has 5 heteroatoms. The zero-order valence-corrected chi connectivity index (χ0v) is 9.32. The SMILES string of the molecule is CC(N)CCC(=O)NCC(C)CC(=O)O. The van der Waals surface area contributed by atoms with E-state index in [1.807, 2.05) is 6.92 Å². The van der Waals surface area contributed by atoms with Crippen LogP contribution >= 0.6 is 0 Å². The molecule has 0 rings (SSSR count). The minimum absolute atomic E-state index is 0.0205. The van der Waals surface area contributed by atoms with E-state index in [1.165, 1.54) is 0 Å². The number of nitrogens with one attached hydrogen (secondary N) is 1. The predicted octanol–water partition coefficient (Wildman–Crippen LogP) is 0.341. The molecule has 4 N–H and O–H groups in total. The van der Waals surface area contributed by atoms with Crippen molar-refractivity contribution in [1.29, 1.82) is 0 Å². The maximum Gasteiger partial charge on any atom is 0.303 e. The molecule has 2 unspecified atom stereocenters. The molecular formula is C10H20N2O3. The highest BCUT2D eigenvalue weighted by Crippen LogP contribution is 2.00. The fourth-order valence-corrected chi connectivity index (χ4v) is 1.11. The first kappa shape index (κ1) is 13.9. The molecule has 0 aromatic heterocycles. The quantitative estimate of drug-likeness (QED) is 0.572. The summed E-state index contributed by atoms with van der Waals surface area (Å²) in [5, 5.41) is 11.2. The van der Waals surface area contributed by atoms with Crippen LogP contribution in [-0.4, -0.2) is 29.6 Å². The van der Waals surface area contributed by atoms with Crippen LogP contribution in [0.25, 0.3) is 0 Å². The van der Waals surface area contributed by atoms with Crippen molar-refractivity contribution >= 4 is 11.9 Å². The van der Waals surface area contributed by atoms with Crippen LogP contribution in [0.3, 0.4) is 0 Å². The molecule has 0 spiro atoms. The van der Waals surface area contributed by atoms with Crippen LogP contribution in [-0.2, 0) is 9.59 Å². The standard InChI is InChI=1S/C10H20N2O3/c1-7(5-10(14)15)6-12-9(13)4-3-8(2)11/h7-8H,3-6,11H2,1-2H3,(H,12,13)(H,14,15). The molecule has 0 aliphatic rings. The summed E-state index contributed by atoms with van der Waals surface area (Å²) in [5.74, 6) is -0.946. The van der Waals surface area contributed by atoms with Gasteiger partial charge in [-0.05, 0) is 19.3 Å². The molecule has 1 amide bonds. The maximum atomic E-state index is 11.2. The van der Waals surface area contributed by atoms with Crippen molar-refractivity contribution < 1.29 is 14.7 Å². The van der Waals surface area contributed by atoms with Crippen molar-refractivity contribution in [2.45, 2.75) is 39.2 Å². The minimum atomic E-state index is -0.840. The summed E-state index contributed by atoms with van der Waals surface area (Å²) in [6, 6.07) is 0.0205. The highest BCUT2D eigenvalue weighted by atomic mass is 16.4. The van der Waals surface area contributed by atoms with Crippen molar-refractivity contribution in [1.82, 2.24) is 5.32 Å². The molecule has 0 saturated carbocycles. The molecule has 0 aliphatic heterocycles. The summed E-state index contributed by atoms with van der Waals surface area (Å²) in [6.45, 7) is 4.05. The van der Waals surface area contributed by atoms with Gasteiger partial charge in [0, 0.05) is 25.4 Å². The zero-order valence-electron chi connectivity index (χ0n) is 9.32. The second-order valence-electron chi connectivity index (χ2n) is 4.02. The fourth-order valence-electron chi connectivity index (χ4n) is 1.11. The number of hydrogen-bond acceptors (Lipinski definition) is 3. The van der Waals surface area contributed by atoms with Crippen LogP contribution in [0.5, 0.6) is 0 Å². The van der Waals surface area contributed by atoms with Crippen LogP contribution in [0.1, 0.15) is 33.1 Å². The van der Waals surface area contributed by atoms with Crippen LogP contribution in [0, 0.1) is 5.92 Å². The lowest BCUT2D eigenvalue weighted by molar-refractivity contribution is -0.138. The third kappa shape index (κ3) is 9.21. The Bertz CT molecular complexity index is 217. The summed E-state index contributed by atoms with van der Waals surface area (Å²) in [7, 11) is 0. The van der Waals surface area contributed by atoms with Gasteiger partial charge in [-0.2, -0.15) is 0 Å². The zero-order chi connectivity index (χ0) is 11.8. The molecule has 0 saturated heterocycles. The average molecular weight is 216 g/mol. The third-order valence-corrected chi connectivity index (χ3v) is 2.00. The third-order valence-electron chi connectivity index (χ3n) is 2.00. The van der Waals surface area contributed by atoms with Crippen LogP contribution in [0.4, 0.5) is 0 Å². The van der Waals surface area contributed by atoms with Crippen molar-refractivity contribution in [3.05, 3.63) is 0 Å². The average Bonchev–Trinajstić information content (AvgIpc) is 2.10. The van der Waals surface area contributed by atoms with Crippen molar-refractivity contribution in [2.24, 2.45) is 11.7 Å². The number of carbonyl (C=O) groups is 2. The normalized spacial score (nSPS) is 14.3. The molecule has 0 bridgehead atoms. The van der Waals surface area contributed by atoms with Gasteiger partial charge in [-0.1, -0.05) is 6.92 Å². The largest absolute Gasteiger partial charge is 0.481 e. The molecule has 0 aromatic rings.